The number of hydrogen-bond acceptors (Lipinski definition) is 4. The minimum absolute atomic E-state index is 0.219. The highest BCUT2D eigenvalue weighted by Gasteiger charge is 2.25. The minimum atomic E-state index is -0.219. The Labute approximate surface area is 121 Å². The molecule has 0 amide bonds. The number of hydrogen-bond donors (Lipinski definition) is 1. The summed E-state index contributed by atoms with van der Waals surface area (Å²) < 4.78 is 10.9. The predicted molar refractivity (Wildman–Crippen MR) is 79.4 cm³/mol. The molecule has 4 heteroatoms. The smallest absolute Gasteiger partial charge is 0.119 e. The Hall–Kier alpha value is -1.26. The maximum Gasteiger partial charge on any atom is 0.119 e. The number of benzene rings is 1. The molecule has 0 spiro atoms. The van der Waals surface area contributed by atoms with E-state index in [-0.39, 0.29) is 6.10 Å². The van der Waals surface area contributed by atoms with Gasteiger partial charge >= 0.3 is 0 Å². The Kier molecular flexibility index (Phi) is 5.68. The van der Waals surface area contributed by atoms with Gasteiger partial charge < -0.3 is 14.6 Å². The molecule has 0 aromatic heterocycles. The van der Waals surface area contributed by atoms with E-state index in [1.165, 1.54) is 12.8 Å². The van der Waals surface area contributed by atoms with E-state index in [0.29, 0.717) is 12.6 Å². The van der Waals surface area contributed by atoms with Crippen molar-refractivity contribution in [2.45, 2.75) is 38.3 Å². The topological polar surface area (TPSA) is 41.9 Å². The molecule has 1 aromatic rings. The average molecular weight is 279 g/mol. The number of ether oxygens (including phenoxy) is 2. The summed E-state index contributed by atoms with van der Waals surface area (Å²) in [5.74, 6) is 1.71. The summed E-state index contributed by atoms with van der Waals surface area (Å²) in [5.41, 5.74) is 0. The first-order valence-electron chi connectivity index (χ1n) is 7.38. The summed E-state index contributed by atoms with van der Waals surface area (Å²) >= 11 is 0. The third-order valence-electron chi connectivity index (χ3n) is 3.82. The van der Waals surface area contributed by atoms with Crippen LogP contribution in [0.15, 0.2) is 24.3 Å². The van der Waals surface area contributed by atoms with Gasteiger partial charge in [0.2, 0.25) is 0 Å². The van der Waals surface area contributed by atoms with Gasteiger partial charge in [0.15, 0.2) is 0 Å². The molecule has 2 rings (SSSR count). The highest BCUT2D eigenvalue weighted by molar-refractivity contribution is 5.31. The van der Waals surface area contributed by atoms with Crippen molar-refractivity contribution in [3.63, 3.8) is 0 Å². The summed E-state index contributed by atoms with van der Waals surface area (Å²) in [5, 5.41) is 9.51. The molecular formula is C16H25NO3. The fourth-order valence-electron chi connectivity index (χ4n) is 2.80. The Morgan fingerprint density at radius 1 is 1.30 bits per heavy atom. The van der Waals surface area contributed by atoms with E-state index in [9.17, 15) is 5.11 Å². The first-order valence-corrected chi connectivity index (χ1v) is 7.38. The van der Waals surface area contributed by atoms with E-state index in [2.05, 4.69) is 4.90 Å². The second-order valence-electron chi connectivity index (χ2n) is 5.44. The lowest BCUT2D eigenvalue weighted by atomic mass is 10.1. The number of aliphatic hydroxyl groups excluding tert-OH is 1. The lowest BCUT2D eigenvalue weighted by molar-refractivity contribution is 0.124. The number of rotatable bonds is 7. The molecule has 0 bridgehead atoms. The summed E-state index contributed by atoms with van der Waals surface area (Å²) in [4.78, 5) is 2.43. The van der Waals surface area contributed by atoms with Crippen molar-refractivity contribution in [1.29, 1.82) is 0 Å². The molecule has 1 N–H and O–H groups in total. The van der Waals surface area contributed by atoms with E-state index in [1.54, 1.807) is 7.11 Å². The van der Waals surface area contributed by atoms with Crippen molar-refractivity contribution in [3.05, 3.63) is 24.3 Å². The molecule has 1 saturated heterocycles. The van der Waals surface area contributed by atoms with Gasteiger partial charge in [0.1, 0.15) is 18.1 Å². The Morgan fingerprint density at radius 3 is 2.65 bits per heavy atom. The van der Waals surface area contributed by atoms with Crippen LogP contribution in [0, 0.1) is 0 Å². The molecule has 1 aromatic carbocycles. The predicted octanol–water partition coefficient (Wildman–Crippen LogP) is 2.31. The van der Waals surface area contributed by atoms with Gasteiger partial charge in [0.05, 0.1) is 13.2 Å². The zero-order valence-electron chi connectivity index (χ0n) is 12.4. The zero-order chi connectivity index (χ0) is 14.4. The standard InChI is InChI=1S/C16H25NO3/c1-13(18)12-14-4-3-9-17(14)10-11-20-16-7-5-15(19-2)6-8-16/h5-8,13-14,18H,3-4,9-12H2,1-2H3. The molecule has 20 heavy (non-hydrogen) atoms. The van der Waals surface area contributed by atoms with Crippen LogP contribution in [0.2, 0.25) is 0 Å². The van der Waals surface area contributed by atoms with Crippen molar-refractivity contribution in [2.75, 3.05) is 26.8 Å². The number of aliphatic hydroxyl groups is 1. The maximum absolute atomic E-state index is 9.51. The molecule has 2 atom stereocenters. The highest BCUT2D eigenvalue weighted by Crippen LogP contribution is 2.21. The van der Waals surface area contributed by atoms with Crippen LogP contribution in [0.3, 0.4) is 0 Å². The molecule has 1 heterocycles. The summed E-state index contributed by atoms with van der Waals surface area (Å²) in [6, 6.07) is 8.17. The first kappa shape index (κ1) is 15.1. The highest BCUT2D eigenvalue weighted by atomic mass is 16.5. The average Bonchev–Trinajstić information content (AvgIpc) is 2.86. The van der Waals surface area contributed by atoms with Gasteiger partial charge in [-0.25, -0.2) is 0 Å². The van der Waals surface area contributed by atoms with Gasteiger partial charge in [-0.2, -0.15) is 0 Å². The molecule has 0 aliphatic carbocycles. The van der Waals surface area contributed by atoms with Gasteiger partial charge in [-0.1, -0.05) is 0 Å². The summed E-state index contributed by atoms with van der Waals surface area (Å²) in [6.45, 7) is 4.58. The third-order valence-corrected chi connectivity index (χ3v) is 3.82. The second kappa shape index (κ2) is 7.50. The normalized spacial score (nSPS) is 20.9. The molecule has 0 radical (unpaired) electrons. The number of nitrogens with zero attached hydrogens (tertiary/aromatic N) is 1. The van der Waals surface area contributed by atoms with Gasteiger partial charge in [-0.15, -0.1) is 0 Å². The van der Waals surface area contributed by atoms with Crippen LogP contribution in [0.25, 0.3) is 0 Å². The van der Waals surface area contributed by atoms with Crippen LogP contribution >= 0.6 is 0 Å². The molecule has 1 aliphatic rings. The van der Waals surface area contributed by atoms with E-state index in [1.807, 2.05) is 31.2 Å². The number of methoxy groups -OCH3 is 1. The van der Waals surface area contributed by atoms with E-state index in [4.69, 9.17) is 9.47 Å². The van der Waals surface area contributed by atoms with Crippen LogP contribution in [-0.2, 0) is 0 Å². The zero-order valence-corrected chi connectivity index (χ0v) is 12.4. The minimum Gasteiger partial charge on any atom is -0.497 e. The lowest BCUT2D eigenvalue weighted by Crippen LogP contribution is -2.35. The van der Waals surface area contributed by atoms with Crippen molar-refractivity contribution in [2.24, 2.45) is 0 Å². The van der Waals surface area contributed by atoms with Gasteiger partial charge in [-0.3, -0.25) is 4.90 Å². The van der Waals surface area contributed by atoms with Crippen LogP contribution in [-0.4, -0.2) is 49.0 Å². The molecule has 0 saturated carbocycles. The molecule has 1 fully saturated rings. The van der Waals surface area contributed by atoms with Gasteiger partial charge in [0, 0.05) is 12.6 Å². The van der Waals surface area contributed by atoms with Gasteiger partial charge in [-0.05, 0) is 57.0 Å². The van der Waals surface area contributed by atoms with Crippen molar-refractivity contribution in [1.82, 2.24) is 4.90 Å². The van der Waals surface area contributed by atoms with E-state index in [0.717, 1.165) is 31.0 Å². The van der Waals surface area contributed by atoms with E-state index < -0.39 is 0 Å². The molecule has 4 nitrogen and oxygen atoms in total. The monoisotopic (exact) mass is 279 g/mol. The SMILES string of the molecule is COc1ccc(OCCN2CCCC2CC(C)O)cc1. The Balaban J connectivity index is 1.74. The van der Waals surface area contributed by atoms with Crippen LogP contribution in [0.1, 0.15) is 26.2 Å². The van der Waals surface area contributed by atoms with E-state index >= 15 is 0 Å². The molecule has 2 unspecified atom stereocenters. The van der Waals surface area contributed by atoms with Crippen molar-refractivity contribution < 1.29 is 14.6 Å². The molecule has 112 valence electrons. The largest absolute Gasteiger partial charge is 0.497 e. The first-order chi connectivity index (χ1) is 9.69. The van der Waals surface area contributed by atoms with Crippen LogP contribution in [0.4, 0.5) is 0 Å². The third kappa shape index (κ3) is 4.39. The van der Waals surface area contributed by atoms with Crippen molar-refractivity contribution >= 4 is 0 Å². The van der Waals surface area contributed by atoms with Crippen LogP contribution in [0.5, 0.6) is 11.5 Å². The Bertz CT molecular complexity index is 391. The lowest BCUT2D eigenvalue weighted by Gasteiger charge is -2.25. The quantitative estimate of drug-likeness (QED) is 0.831. The number of likely N-dealkylation sites (tertiary alicyclic amines) is 1. The molecule has 1 aliphatic heterocycles. The maximum atomic E-state index is 9.51. The second-order valence-corrected chi connectivity index (χ2v) is 5.44. The summed E-state index contributed by atoms with van der Waals surface area (Å²) in [6.07, 6.45) is 3.05. The summed E-state index contributed by atoms with van der Waals surface area (Å²) in [7, 11) is 1.66. The fourth-order valence-corrected chi connectivity index (χ4v) is 2.80. The van der Waals surface area contributed by atoms with Gasteiger partial charge in [0.25, 0.3) is 0 Å². The van der Waals surface area contributed by atoms with Crippen molar-refractivity contribution in [3.8, 4) is 11.5 Å². The Morgan fingerprint density at radius 2 is 2.00 bits per heavy atom. The molecular weight excluding hydrogens is 254 g/mol. The van der Waals surface area contributed by atoms with Crippen LogP contribution < -0.4 is 9.47 Å². The fraction of sp³-hybridized carbons (Fsp3) is 0.625.